The fourth-order valence-corrected chi connectivity index (χ4v) is 2.32. The average molecular weight is 266 g/mol. The molecule has 0 atom stereocenters. The van der Waals surface area contributed by atoms with Gasteiger partial charge in [0.05, 0.1) is 11.3 Å². The molecule has 0 saturated carbocycles. The summed E-state index contributed by atoms with van der Waals surface area (Å²) in [7, 11) is 0. The fourth-order valence-electron chi connectivity index (χ4n) is 2.32. The lowest BCUT2D eigenvalue weighted by molar-refractivity contribution is 0.0747. The Hall–Kier alpha value is -2.13. The van der Waals surface area contributed by atoms with Crippen LogP contribution < -0.4 is 0 Å². The topological polar surface area (TPSA) is 48.9 Å². The van der Waals surface area contributed by atoms with E-state index >= 15 is 0 Å². The van der Waals surface area contributed by atoms with Gasteiger partial charge in [0, 0.05) is 28.4 Å². The number of pyridine rings is 1. The number of aryl methyl sites for hydroxylation is 1. The summed E-state index contributed by atoms with van der Waals surface area (Å²) in [6.07, 6.45) is 1.79. The van der Waals surface area contributed by atoms with Crippen molar-refractivity contribution in [3.05, 3.63) is 53.9 Å². The molecule has 3 aromatic rings. The van der Waals surface area contributed by atoms with E-state index < -0.39 is 5.60 Å². The summed E-state index contributed by atoms with van der Waals surface area (Å²) in [5.41, 5.74) is 4.16. The highest BCUT2D eigenvalue weighted by molar-refractivity contribution is 5.93. The van der Waals surface area contributed by atoms with Crippen LogP contribution in [0.4, 0.5) is 0 Å². The lowest BCUT2D eigenvalue weighted by atomic mass is 10.0. The monoisotopic (exact) mass is 266 g/mol. The second-order valence-corrected chi connectivity index (χ2v) is 5.73. The first-order valence-electron chi connectivity index (χ1n) is 6.73. The van der Waals surface area contributed by atoms with Gasteiger partial charge < -0.3 is 10.1 Å². The zero-order chi connectivity index (χ0) is 14.3. The Kier molecular flexibility index (Phi) is 2.87. The van der Waals surface area contributed by atoms with Gasteiger partial charge in [-0.05, 0) is 32.9 Å². The van der Waals surface area contributed by atoms with Crippen molar-refractivity contribution >= 4 is 10.9 Å². The number of rotatable bonds is 2. The number of aliphatic hydroxyl groups is 1. The van der Waals surface area contributed by atoms with E-state index in [-0.39, 0.29) is 0 Å². The summed E-state index contributed by atoms with van der Waals surface area (Å²) in [5.74, 6) is 0. The van der Waals surface area contributed by atoms with E-state index in [1.165, 1.54) is 5.56 Å². The Bertz CT molecular complexity index is 749. The molecule has 0 saturated heterocycles. The molecule has 0 spiro atoms. The van der Waals surface area contributed by atoms with E-state index in [2.05, 4.69) is 41.2 Å². The Morgan fingerprint density at radius 2 is 1.80 bits per heavy atom. The van der Waals surface area contributed by atoms with Gasteiger partial charge in [-0.25, -0.2) is 0 Å². The summed E-state index contributed by atoms with van der Waals surface area (Å²) in [5, 5.41) is 11.2. The van der Waals surface area contributed by atoms with E-state index in [1.807, 2.05) is 12.1 Å². The molecule has 0 aliphatic rings. The molecule has 3 rings (SSSR count). The number of benzene rings is 1. The maximum absolute atomic E-state index is 10.1. The van der Waals surface area contributed by atoms with Crippen LogP contribution in [0.3, 0.4) is 0 Å². The SMILES string of the molecule is Cc1ccc(-c2nccc3[nH]c(C(C)(C)O)cc23)cc1. The Morgan fingerprint density at radius 3 is 2.45 bits per heavy atom. The van der Waals surface area contributed by atoms with Crippen molar-refractivity contribution in [2.24, 2.45) is 0 Å². The summed E-state index contributed by atoms with van der Waals surface area (Å²) in [4.78, 5) is 7.77. The molecule has 3 heteroatoms. The molecular formula is C17H18N2O. The maximum atomic E-state index is 10.1. The Morgan fingerprint density at radius 1 is 1.10 bits per heavy atom. The van der Waals surface area contributed by atoms with Crippen LogP contribution in [0.15, 0.2) is 42.6 Å². The van der Waals surface area contributed by atoms with Crippen LogP contribution in [0.1, 0.15) is 25.1 Å². The van der Waals surface area contributed by atoms with Crippen molar-refractivity contribution in [1.29, 1.82) is 0 Å². The Labute approximate surface area is 118 Å². The highest BCUT2D eigenvalue weighted by atomic mass is 16.3. The number of nitrogens with one attached hydrogen (secondary N) is 1. The minimum absolute atomic E-state index is 0.800. The molecule has 1 aromatic carbocycles. The quantitative estimate of drug-likeness (QED) is 0.742. The van der Waals surface area contributed by atoms with Gasteiger partial charge in [-0.2, -0.15) is 0 Å². The zero-order valence-corrected chi connectivity index (χ0v) is 11.9. The molecule has 102 valence electrons. The third-order valence-electron chi connectivity index (χ3n) is 3.53. The molecule has 0 aliphatic carbocycles. The zero-order valence-electron chi connectivity index (χ0n) is 11.9. The fraction of sp³-hybridized carbons (Fsp3) is 0.235. The molecule has 20 heavy (non-hydrogen) atoms. The normalized spacial score (nSPS) is 12.0. The maximum Gasteiger partial charge on any atom is 0.0987 e. The van der Waals surface area contributed by atoms with E-state index in [4.69, 9.17) is 0 Å². The smallest absolute Gasteiger partial charge is 0.0987 e. The molecule has 0 radical (unpaired) electrons. The van der Waals surface area contributed by atoms with E-state index in [0.717, 1.165) is 27.9 Å². The molecule has 0 bridgehead atoms. The van der Waals surface area contributed by atoms with Crippen LogP contribution in [-0.2, 0) is 5.60 Å². The first kappa shape index (κ1) is 12.9. The highest BCUT2D eigenvalue weighted by Gasteiger charge is 2.19. The third-order valence-corrected chi connectivity index (χ3v) is 3.53. The third kappa shape index (κ3) is 2.21. The van der Waals surface area contributed by atoms with Gasteiger partial charge in [0.2, 0.25) is 0 Å². The van der Waals surface area contributed by atoms with Crippen molar-refractivity contribution < 1.29 is 5.11 Å². The lowest BCUT2D eigenvalue weighted by Crippen LogP contribution is -2.15. The molecule has 2 N–H and O–H groups in total. The molecular weight excluding hydrogens is 248 g/mol. The summed E-state index contributed by atoms with van der Waals surface area (Å²) in [6.45, 7) is 5.62. The first-order valence-corrected chi connectivity index (χ1v) is 6.73. The summed E-state index contributed by atoms with van der Waals surface area (Å²) >= 11 is 0. The van der Waals surface area contributed by atoms with Gasteiger partial charge in [-0.15, -0.1) is 0 Å². The number of H-pyrrole nitrogens is 1. The largest absolute Gasteiger partial charge is 0.384 e. The van der Waals surface area contributed by atoms with Crippen molar-refractivity contribution in [2.45, 2.75) is 26.4 Å². The Balaban J connectivity index is 2.21. The number of aromatic nitrogens is 2. The van der Waals surface area contributed by atoms with E-state index in [0.29, 0.717) is 0 Å². The minimum Gasteiger partial charge on any atom is -0.384 e. The molecule has 3 nitrogen and oxygen atoms in total. The van der Waals surface area contributed by atoms with Crippen molar-refractivity contribution in [3.63, 3.8) is 0 Å². The molecule has 0 unspecified atom stereocenters. The first-order chi connectivity index (χ1) is 9.45. The van der Waals surface area contributed by atoms with Crippen LogP contribution in [0.25, 0.3) is 22.2 Å². The van der Waals surface area contributed by atoms with Crippen LogP contribution in [0.2, 0.25) is 0 Å². The lowest BCUT2D eigenvalue weighted by Gasteiger charge is -2.14. The highest BCUT2D eigenvalue weighted by Crippen LogP contribution is 2.30. The number of aromatic amines is 1. The van der Waals surface area contributed by atoms with Crippen molar-refractivity contribution in [2.75, 3.05) is 0 Å². The molecule has 0 amide bonds. The standard InChI is InChI=1S/C17H18N2O/c1-11-4-6-12(7-5-11)16-13-10-15(17(2,3)20)19-14(13)8-9-18-16/h4-10,19-20H,1-3H3. The number of fused-ring (bicyclic) bond motifs is 1. The van der Waals surface area contributed by atoms with E-state index in [1.54, 1.807) is 20.0 Å². The molecule has 2 aromatic heterocycles. The second-order valence-electron chi connectivity index (χ2n) is 5.73. The van der Waals surface area contributed by atoms with Gasteiger partial charge in [-0.1, -0.05) is 29.8 Å². The van der Waals surface area contributed by atoms with Crippen LogP contribution in [0.5, 0.6) is 0 Å². The molecule has 2 heterocycles. The van der Waals surface area contributed by atoms with E-state index in [9.17, 15) is 5.11 Å². The summed E-state index contributed by atoms with van der Waals surface area (Å²) in [6, 6.07) is 12.2. The number of nitrogens with zero attached hydrogens (tertiary/aromatic N) is 1. The van der Waals surface area contributed by atoms with Crippen LogP contribution in [0, 0.1) is 6.92 Å². The number of hydrogen-bond donors (Lipinski definition) is 2. The predicted molar refractivity (Wildman–Crippen MR) is 81.5 cm³/mol. The van der Waals surface area contributed by atoms with Crippen molar-refractivity contribution in [1.82, 2.24) is 9.97 Å². The average Bonchev–Trinajstić information content (AvgIpc) is 2.83. The summed E-state index contributed by atoms with van der Waals surface area (Å²) < 4.78 is 0. The van der Waals surface area contributed by atoms with Gasteiger partial charge in [0.1, 0.15) is 0 Å². The molecule has 0 fully saturated rings. The van der Waals surface area contributed by atoms with Gasteiger partial charge in [0.25, 0.3) is 0 Å². The van der Waals surface area contributed by atoms with Gasteiger partial charge >= 0.3 is 0 Å². The van der Waals surface area contributed by atoms with Crippen molar-refractivity contribution in [3.8, 4) is 11.3 Å². The van der Waals surface area contributed by atoms with Crippen LogP contribution >= 0.6 is 0 Å². The number of hydrogen-bond acceptors (Lipinski definition) is 2. The molecule has 0 aliphatic heterocycles. The van der Waals surface area contributed by atoms with Crippen LogP contribution in [-0.4, -0.2) is 15.1 Å². The van der Waals surface area contributed by atoms with Gasteiger partial charge in [-0.3, -0.25) is 4.98 Å². The second kappa shape index (κ2) is 4.46. The van der Waals surface area contributed by atoms with Gasteiger partial charge in [0.15, 0.2) is 0 Å². The predicted octanol–water partition coefficient (Wildman–Crippen LogP) is 3.77. The minimum atomic E-state index is -0.885.